The van der Waals surface area contributed by atoms with E-state index in [1.165, 1.54) is 38.9 Å². The van der Waals surface area contributed by atoms with E-state index in [1.54, 1.807) is 61.7 Å². The number of imide groups is 1. The van der Waals surface area contributed by atoms with Crippen molar-refractivity contribution < 1.29 is 24.0 Å². The number of thiophene rings is 3. The van der Waals surface area contributed by atoms with Gasteiger partial charge in [-0.15, -0.1) is 0 Å². The molecule has 0 radical (unpaired) electrons. The zero-order valence-electron chi connectivity index (χ0n) is 27.5. The third kappa shape index (κ3) is 7.48. The highest BCUT2D eigenvalue weighted by atomic mass is 32.1. The third-order valence-corrected chi connectivity index (χ3v) is 11.2. The zero-order chi connectivity index (χ0) is 35.3. The molecule has 51 heavy (non-hydrogen) atoms. The van der Waals surface area contributed by atoms with Crippen LogP contribution in [-0.4, -0.2) is 64.5 Å². The van der Waals surface area contributed by atoms with Crippen LogP contribution in [0.5, 0.6) is 0 Å². The average Bonchev–Trinajstić information content (AvgIpc) is 4.00. The summed E-state index contributed by atoms with van der Waals surface area (Å²) < 4.78 is 0. The quantitative estimate of drug-likeness (QED) is 0.123. The van der Waals surface area contributed by atoms with Gasteiger partial charge in [-0.2, -0.15) is 34.0 Å². The van der Waals surface area contributed by atoms with Gasteiger partial charge < -0.3 is 15.1 Å². The van der Waals surface area contributed by atoms with Crippen molar-refractivity contribution >= 4 is 87.1 Å². The van der Waals surface area contributed by atoms with Crippen LogP contribution in [0.2, 0.25) is 0 Å². The summed E-state index contributed by atoms with van der Waals surface area (Å²) in [7, 11) is 0. The van der Waals surface area contributed by atoms with Crippen LogP contribution in [-0.2, 0) is 9.59 Å². The Morgan fingerprint density at radius 3 is 1.65 bits per heavy atom. The molecule has 2 saturated heterocycles. The van der Waals surface area contributed by atoms with E-state index in [0.717, 1.165) is 17.5 Å². The maximum atomic E-state index is 14.1. The predicted octanol–water partition coefficient (Wildman–Crippen LogP) is 7.76. The van der Waals surface area contributed by atoms with Gasteiger partial charge in [-0.3, -0.25) is 24.0 Å². The van der Waals surface area contributed by atoms with Crippen molar-refractivity contribution in [3.8, 4) is 0 Å². The number of nitrogens with one attached hydrogen (secondary N) is 1. The van der Waals surface area contributed by atoms with Gasteiger partial charge in [-0.1, -0.05) is 36.4 Å². The van der Waals surface area contributed by atoms with Gasteiger partial charge in [0.15, 0.2) is 0 Å². The first-order chi connectivity index (χ1) is 24.9. The normalized spacial score (nSPS) is 17.2. The largest absolute Gasteiger partial charge is 0.327 e. The van der Waals surface area contributed by atoms with Crippen molar-refractivity contribution in [2.45, 2.75) is 37.8 Å². The Hall–Kier alpha value is -5.17. The molecule has 3 aromatic heterocycles. The standard InChI is InChI=1S/C39H34N4O5S3/c44-35(33-3-1-18-41(33)36(45)28-15-20-49-23-28)40-31-11-7-26(8-12-31)5-6-27-9-13-32(14-10-27)43(38(47)30-17-22-51-25-30)39(48)34-4-2-19-42(34)37(46)29-16-21-50-24-29/h5-17,20-25,33-34H,1-4,18-19H2,(H,40,44)/b6-5+/t33-,34-/m0/s1. The second kappa shape index (κ2) is 15.4. The van der Waals surface area contributed by atoms with E-state index in [0.29, 0.717) is 60.4 Å². The maximum Gasteiger partial charge on any atom is 0.265 e. The molecule has 9 nitrogen and oxygen atoms in total. The number of carbonyl (C=O) groups excluding carboxylic acids is 5. The van der Waals surface area contributed by atoms with Crippen LogP contribution in [0, 0.1) is 0 Å². The molecule has 0 saturated carbocycles. The summed E-state index contributed by atoms with van der Waals surface area (Å²) in [5.41, 5.74) is 4.42. The second-order valence-corrected chi connectivity index (χ2v) is 14.7. The van der Waals surface area contributed by atoms with Crippen LogP contribution in [0.15, 0.2) is 99.0 Å². The van der Waals surface area contributed by atoms with E-state index in [2.05, 4.69) is 5.32 Å². The highest BCUT2D eigenvalue weighted by molar-refractivity contribution is 7.08. The summed E-state index contributed by atoms with van der Waals surface area (Å²) >= 11 is 4.27. The fraction of sp³-hybridized carbons (Fsp3) is 0.205. The van der Waals surface area contributed by atoms with Gasteiger partial charge in [0.05, 0.1) is 22.4 Å². The van der Waals surface area contributed by atoms with Crippen molar-refractivity contribution in [3.63, 3.8) is 0 Å². The smallest absolute Gasteiger partial charge is 0.265 e. The number of anilines is 2. The van der Waals surface area contributed by atoms with Crippen LogP contribution < -0.4 is 10.2 Å². The van der Waals surface area contributed by atoms with E-state index in [9.17, 15) is 24.0 Å². The van der Waals surface area contributed by atoms with Crippen LogP contribution >= 0.6 is 34.0 Å². The summed E-state index contributed by atoms with van der Waals surface area (Å²) in [5, 5.41) is 13.8. The number of rotatable bonds is 9. The zero-order valence-corrected chi connectivity index (χ0v) is 29.9. The van der Waals surface area contributed by atoms with Crippen LogP contribution in [0.25, 0.3) is 12.2 Å². The lowest BCUT2D eigenvalue weighted by atomic mass is 10.1. The lowest BCUT2D eigenvalue weighted by molar-refractivity contribution is -0.121. The van der Waals surface area contributed by atoms with Gasteiger partial charge in [0.1, 0.15) is 12.1 Å². The minimum absolute atomic E-state index is 0.113. The highest BCUT2D eigenvalue weighted by Gasteiger charge is 2.40. The molecule has 0 unspecified atom stereocenters. The Balaban J connectivity index is 1.02. The number of nitrogens with zero attached hydrogens (tertiary/aromatic N) is 3. The Kier molecular flexibility index (Phi) is 10.3. The van der Waals surface area contributed by atoms with E-state index in [4.69, 9.17) is 0 Å². The molecule has 2 aliphatic heterocycles. The molecule has 2 aromatic carbocycles. The fourth-order valence-electron chi connectivity index (χ4n) is 6.49. The maximum absolute atomic E-state index is 14.1. The lowest BCUT2D eigenvalue weighted by Gasteiger charge is -2.29. The fourth-order valence-corrected chi connectivity index (χ4v) is 8.38. The van der Waals surface area contributed by atoms with Crippen LogP contribution in [0.4, 0.5) is 11.4 Å². The Morgan fingerprint density at radius 2 is 1.12 bits per heavy atom. The number of likely N-dealkylation sites (tertiary alicyclic amines) is 2. The summed E-state index contributed by atoms with van der Waals surface area (Å²) in [6, 6.07) is 18.6. The molecule has 2 aliphatic rings. The summed E-state index contributed by atoms with van der Waals surface area (Å²) in [6.07, 6.45) is 6.44. The van der Waals surface area contributed by atoms with Crippen molar-refractivity contribution in [2.24, 2.45) is 0 Å². The monoisotopic (exact) mass is 734 g/mol. The number of benzene rings is 2. The molecule has 0 spiro atoms. The van der Waals surface area contributed by atoms with Crippen molar-refractivity contribution in [1.82, 2.24) is 9.80 Å². The van der Waals surface area contributed by atoms with E-state index >= 15 is 0 Å². The van der Waals surface area contributed by atoms with Gasteiger partial charge in [0.2, 0.25) is 5.91 Å². The Bertz CT molecular complexity index is 2040. The molecule has 5 aromatic rings. The minimum atomic E-state index is -0.738. The van der Waals surface area contributed by atoms with Gasteiger partial charge in [0, 0.05) is 34.9 Å². The van der Waals surface area contributed by atoms with Crippen molar-refractivity contribution in [2.75, 3.05) is 23.3 Å². The molecule has 0 bridgehead atoms. The van der Waals surface area contributed by atoms with Gasteiger partial charge in [0.25, 0.3) is 23.6 Å². The van der Waals surface area contributed by atoms with Gasteiger partial charge >= 0.3 is 0 Å². The number of amides is 5. The molecule has 258 valence electrons. The molecule has 7 rings (SSSR count). The molecule has 5 heterocycles. The minimum Gasteiger partial charge on any atom is -0.327 e. The molecule has 2 atom stereocenters. The molecule has 1 N–H and O–H groups in total. The second-order valence-electron chi connectivity index (χ2n) is 12.4. The van der Waals surface area contributed by atoms with Crippen LogP contribution in [0.3, 0.4) is 0 Å². The third-order valence-electron chi connectivity index (χ3n) is 9.14. The van der Waals surface area contributed by atoms with Gasteiger partial charge in [-0.05, 0) is 95.4 Å². The van der Waals surface area contributed by atoms with Crippen molar-refractivity contribution in [1.29, 1.82) is 0 Å². The lowest BCUT2D eigenvalue weighted by Crippen LogP contribution is -2.50. The number of hydrogen-bond acceptors (Lipinski definition) is 8. The van der Waals surface area contributed by atoms with Crippen molar-refractivity contribution in [3.05, 3.63) is 127 Å². The van der Waals surface area contributed by atoms with Gasteiger partial charge in [-0.25, -0.2) is 4.90 Å². The topological polar surface area (TPSA) is 107 Å². The molecular formula is C39H34N4O5S3. The summed E-state index contributed by atoms with van der Waals surface area (Å²) in [5.74, 6) is -1.36. The Morgan fingerprint density at radius 1 is 0.627 bits per heavy atom. The molecule has 12 heteroatoms. The summed E-state index contributed by atoms with van der Waals surface area (Å²) in [6.45, 7) is 1.02. The van der Waals surface area contributed by atoms with E-state index in [1.807, 2.05) is 59.3 Å². The first-order valence-corrected chi connectivity index (χ1v) is 19.5. The number of hydrogen-bond donors (Lipinski definition) is 1. The molecule has 5 amide bonds. The predicted molar refractivity (Wildman–Crippen MR) is 203 cm³/mol. The molecule has 2 fully saturated rings. The summed E-state index contributed by atoms with van der Waals surface area (Å²) in [4.78, 5) is 71.5. The Labute approximate surface area is 307 Å². The SMILES string of the molecule is O=C(Nc1ccc(/C=C/c2ccc(N(C(=O)c3ccsc3)C(=O)[C@@H]3CCCN3C(=O)c3ccsc3)cc2)cc1)[C@@H]1CCCN1C(=O)c1ccsc1. The van der Waals surface area contributed by atoms with E-state index in [-0.39, 0.29) is 17.7 Å². The van der Waals surface area contributed by atoms with Crippen LogP contribution in [0.1, 0.15) is 67.9 Å². The number of carbonyl (C=O) groups is 5. The molecular weight excluding hydrogens is 701 g/mol. The highest BCUT2D eigenvalue weighted by Crippen LogP contribution is 2.28. The van der Waals surface area contributed by atoms with E-state index < -0.39 is 23.9 Å². The average molecular weight is 735 g/mol. The first-order valence-electron chi connectivity index (χ1n) is 16.6. The first kappa shape index (κ1) is 34.3. The molecule has 0 aliphatic carbocycles.